The average Bonchev–Trinajstić information content (AvgIpc) is 3.20. The number of amides is 2. The van der Waals surface area contributed by atoms with E-state index >= 15 is 0 Å². The number of nitrogens with one attached hydrogen (secondary N) is 3. The Morgan fingerprint density at radius 2 is 1.61 bits per heavy atom. The molecule has 10 heteroatoms. The second-order valence-corrected chi connectivity index (χ2v) is 9.68. The first kappa shape index (κ1) is 29.3. The number of carbonyl (C=O) groups is 2. The fraction of sp³-hybridized carbons (Fsp3) is 0.323. The van der Waals surface area contributed by atoms with Crippen LogP contribution in [0.1, 0.15) is 37.4 Å². The molecule has 2 amide bonds. The third kappa shape index (κ3) is 6.21. The topological polar surface area (TPSA) is 124 Å². The molecule has 0 saturated carbocycles. The van der Waals surface area contributed by atoms with Crippen molar-refractivity contribution in [2.24, 2.45) is 0 Å². The first-order valence-electron chi connectivity index (χ1n) is 13.2. The standard InChI is InChI=1S/C31H35N3O7/c1-17(31(37)34-20-8-10-21(38-3)11-9-20)32-25-14-12-22-23(16-26(25)36)24(33-18(2)35)13-7-19-15-27(39-4)29(40-5)30(41-6)28(19)22/h8-12,14-17,24H,7,13H2,1-6H3,(H,32,36)(H,33,35)(H,34,37)/t17-,24-/m0/s1. The Bertz CT molecular complexity index is 1510. The Morgan fingerprint density at radius 1 is 0.902 bits per heavy atom. The Labute approximate surface area is 239 Å². The van der Waals surface area contributed by atoms with Gasteiger partial charge in [0.05, 0.1) is 40.2 Å². The van der Waals surface area contributed by atoms with Gasteiger partial charge < -0.3 is 34.9 Å². The molecule has 2 atom stereocenters. The van der Waals surface area contributed by atoms with Crippen molar-refractivity contribution in [3.8, 4) is 34.1 Å². The summed E-state index contributed by atoms with van der Waals surface area (Å²) in [5, 5.41) is 8.87. The molecular weight excluding hydrogens is 526 g/mol. The summed E-state index contributed by atoms with van der Waals surface area (Å²) in [5.74, 6) is 1.55. The van der Waals surface area contributed by atoms with E-state index in [0.29, 0.717) is 52.7 Å². The highest BCUT2D eigenvalue weighted by Crippen LogP contribution is 2.50. The number of aryl methyl sites for hydroxylation is 1. The van der Waals surface area contributed by atoms with Crippen molar-refractivity contribution in [1.82, 2.24) is 5.32 Å². The minimum absolute atomic E-state index is 0.213. The molecule has 0 radical (unpaired) electrons. The lowest BCUT2D eigenvalue weighted by Crippen LogP contribution is -2.33. The number of hydrogen-bond donors (Lipinski definition) is 3. The highest BCUT2D eigenvalue weighted by atomic mass is 16.5. The minimum Gasteiger partial charge on any atom is -0.497 e. The molecule has 4 rings (SSSR count). The normalized spacial score (nSPS) is 14.3. The van der Waals surface area contributed by atoms with Gasteiger partial charge in [0, 0.05) is 18.2 Å². The number of methoxy groups -OCH3 is 4. The van der Waals surface area contributed by atoms with E-state index in [1.165, 1.54) is 20.1 Å². The van der Waals surface area contributed by atoms with Crippen molar-refractivity contribution < 1.29 is 28.5 Å². The molecule has 0 saturated heterocycles. The summed E-state index contributed by atoms with van der Waals surface area (Å²) in [5.41, 5.74) is 3.52. The van der Waals surface area contributed by atoms with Gasteiger partial charge in [0.25, 0.3) is 0 Å². The second-order valence-electron chi connectivity index (χ2n) is 9.68. The van der Waals surface area contributed by atoms with Crippen LogP contribution < -0.4 is 40.3 Å². The maximum absolute atomic E-state index is 13.5. The molecule has 0 unspecified atom stereocenters. The quantitative estimate of drug-likeness (QED) is 0.353. The number of rotatable bonds is 9. The van der Waals surface area contributed by atoms with Gasteiger partial charge in [-0.25, -0.2) is 0 Å². The molecule has 0 heterocycles. The molecular formula is C31H35N3O7. The summed E-state index contributed by atoms with van der Waals surface area (Å²) in [4.78, 5) is 38.6. The van der Waals surface area contributed by atoms with E-state index in [-0.39, 0.29) is 22.9 Å². The summed E-state index contributed by atoms with van der Waals surface area (Å²) in [6.45, 7) is 3.12. The van der Waals surface area contributed by atoms with Crippen LogP contribution in [0.4, 0.5) is 11.4 Å². The molecule has 0 bridgehead atoms. The zero-order chi connectivity index (χ0) is 29.7. The zero-order valence-electron chi connectivity index (χ0n) is 24.0. The van der Waals surface area contributed by atoms with Crippen molar-refractivity contribution in [3.63, 3.8) is 0 Å². The van der Waals surface area contributed by atoms with E-state index in [1.807, 2.05) is 6.07 Å². The molecule has 3 N–H and O–H groups in total. The van der Waals surface area contributed by atoms with Crippen molar-refractivity contribution >= 4 is 23.2 Å². The summed E-state index contributed by atoms with van der Waals surface area (Å²) in [6.07, 6.45) is 1.14. The van der Waals surface area contributed by atoms with Crippen LogP contribution in [0.5, 0.6) is 23.0 Å². The molecule has 1 aliphatic carbocycles. The molecule has 216 valence electrons. The lowest BCUT2D eigenvalue weighted by molar-refractivity contribution is -0.119. The van der Waals surface area contributed by atoms with Crippen LogP contribution in [0.3, 0.4) is 0 Å². The van der Waals surface area contributed by atoms with Crippen LogP contribution in [-0.4, -0.2) is 46.3 Å². The lowest BCUT2D eigenvalue weighted by Gasteiger charge is -2.19. The van der Waals surface area contributed by atoms with Crippen molar-refractivity contribution in [2.75, 3.05) is 39.1 Å². The van der Waals surface area contributed by atoms with E-state index in [4.69, 9.17) is 18.9 Å². The second kappa shape index (κ2) is 12.6. The van der Waals surface area contributed by atoms with E-state index in [2.05, 4.69) is 16.0 Å². The number of benzene rings is 2. The van der Waals surface area contributed by atoms with Crippen LogP contribution in [-0.2, 0) is 16.0 Å². The number of fused-ring (bicyclic) bond motifs is 3. The third-order valence-corrected chi connectivity index (χ3v) is 7.04. The molecule has 0 aliphatic heterocycles. The van der Waals surface area contributed by atoms with E-state index in [0.717, 1.165) is 11.1 Å². The van der Waals surface area contributed by atoms with Gasteiger partial charge in [0.15, 0.2) is 11.5 Å². The SMILES string of the molecule is COc1ccc(NC(=O)[C@H](C)Nc2ccc3c(cc2=O)[C@@H](NC(C)=O)CCc2cc(OC)c(OC)c(OC)c2-3)cc1. The monoisotopic (exact) mass is 561 g/mol. The zero-order valence-corrected chi connectivity index (χ0v) is 24.0. The Morgan fingerprint density at radius 3 is 2.22 bits per heavy atom. The first-order valence-corrected chi connectivity index (χ1v) is 13.2. The maximum atomic E-state index is 13.5. The van der Waals surface area contributed by atoms with Crippen molar-refractivity contribution in [1.29, 1.82) is 0 Å². The lowest BCUT2D eigenvalue weighted by atomic mass is 9.95. The van der Waals surface area contributed by atoms with Crippen LogP contribution in [0.15, 0.2) is 53.3 Å². The maximum Gasteiger partial charge on any atom is 0.246 e. The molecule has 1 aliphatic rings. The van der Waals surface area contributed by atoms with Crippen LogP contribution in [0.2, 0.25) is 0 Å². The van der Waals surface area contributed by atoms with Crippen LogP contribution in [0, 0.1) is 0 Å². The summed E-state index contributed by atoms with van der Waals surface area (Å²) < 4.78 is 22.2. The number of anilines is 2. The summed E-state index contributed by atoms with van der Waals surface area (Å²) in [7, 11) is 6.21. The van der Waals surface area contributed by atoms with Crippen molar-refractivity contribution in [3.05, 3.63) is 69.9 Å². The highest BCUT2D eigenvalue weighted by molar-refractivity contribution is 5.96. The number of carbonyl (C=O) groups excluding carboxylic acids is 2. The third-order valence-electron chi connectivity index (χ3n) is 7.04. The summed E-state index contributed by atoms with van der Waals surface area (Å²) in [6, 6.07) is 12.7. The Kier molecular flexibility index (Phi) is 9.01. The Balaban J connectivity index is 1.77. The molecule has 0 aromatic heterocycles. The van der Waals surface area contributed by atoms with E-state index in [1.54, 1.807) is 64.7 Å². The molecule has 10 nitrogen and oxygen atoms in total. The summed E-state index contributed by atoms with van der Waals surface area (Å²) >= 11 is 0. The fourth-order valence-electron chi connectivity index (χ4n) is 5.05. The number of ether oxygens (including phenoxy) is 4. The average molecular weight is 562 g/mol. The molecule has 3 aromatic carbocycles. The van der Waals surface area contributed by atoms with Gasteiger partial charge in [0.2, 0.25) is 23.0 Å². The van der Waals surface area contributed by atoms with Gasteiger partial charge in [-0.3, -0.25) is 14.4 Å². The highest BCUT2D eigenvalue weighted by Gasteiger charge is 2.29. The van der Waals surface area contributed by atoms with Gasteiger partial charge in [-0.2, -0.15) is 0 Å². The smallest absolute Gasteiger partial charge is 0.246 e. The van der Waals surface area contributed by atoms with Crippen LogP contribution >= 0.6 is 0 Å². The van der Waals surface area contributed by atoms with E-state index < -0.39 is 12.1 Å². The van der Waals surface area contributed by atoms with Gasteiger partial charge in [-0.05, 0) is 78.9 Å². The predicted octanol–water partition coefficient (Wildman–Crippen LogP) is 4.31. The predicted molar refractivity (Wildman–Crippen MR) is 157 cm³/mol. The molecule has 0 spiro atoms. The van der Waals surface area contributed by atoms with Gasteiger partial charge in [0.1, 0.15) is 11.8 Å². The van der Waals surface area contributed by atoms with Crippen molar-refractivity contribution in [2.45, 2.75) is 38.8 Å². The minimum atomic E-state index is -0.732. The molecule has 3 aromatic rings. The van der Waals surface area contributed by atoms with Crippen LogP contribution in [0.25, 0.3) is 11.1 Å². The first-order chi connectivity index (χ1) is 19.7. The molecule has 41 heavy (non-hydrogen) atoms. The van der Waals surface area contributed by atoms with Gasteiger partial charge in [-0.15, -0.1) is 0 Å². The van der Waals surface area contributed by atoms with Gasteiger partial charge >= 0.3 is 0 Å². The fourth-order valence-corrected chi connectivity index (χ4v) is 5.05. The van der Waals surface area contributed by atoms with Gasteiger partial charge in [-0.1, -0.05) is 6.07 Å². The number of hydrogen-bond acceptors (Lipinski definition) is 8. The Hall–Kier alpha value is -4.73. The van der Waals surface area contributed by atoms with E-state index in [9.17, 15) is 14.4 Å². The molecule has 0 fully saturated rings. The largest absolute Gasteiger partial charge is 0.497 e.